The Morgan fingerprint density at radius 1 is 1.45 bits per heavy atom. The highest BCUT2D eigenvalue weighted by Gasteiger charge is 2.10. The number of hydrogen-bond donors (Lipinski definition) is 0. The fourth-order valence-corrected chi connectivity index (χ4v) is 2.51. The van der Waals surface area contributed by atoms with Crippen LogP contribution in [-0.2, 0) is 7.05 Å². The van der Waals surface area contributed by atoms with Gasteiger partial charge < -0.3 is 9.47 Å². The molecule has 0 bridgehead atoms. The second-order valence-electron chi connectivity index (χ2n) is 4.57. The number of benzene rings is 1. The first-order valence-electron chi connectivity index (χ1n) is 6.76. The first kappa shape index (κ1) is 16.3. The van der Waals surface area contributed by atoms with Gasteiger partial charge in [-0.15, -0.1) is 0 Å². The van der Waals surface area contributed by atoms with E-state index in [0.29, 0.717) is 23.7 Å². The molecule has 0 spiro atoms. The van der Waals surface area contributed by atoms with Gasteiger partial charge in [0.05, 0.1) is 29.9 Å². The summed E-state index contributed by atoms with van der Waals surface area (Å²) in [6.07, 6.45) is 6.47. The van der Waals surface area contributed by atoms with Crippen molar-refractivity contribution < 1.29 is 14.3 Å². The van der Waals surface area contributed by atoms with Crippen molar-refractivity contribution in [3.05, 3.63) is 46.2 Å². The molecule has 6 heteroatoms. The zero-order valence-electron chi connectivity index (χ0n) is 12.7. The number of hydrogen-bond acceptors (Lipinski definition) is 4. The van der Waals surface area contributed by atoms with E-state index in [1.165, 1.54) is 6.08 Å². The van der Waals surface area contributed by atoms with Gasteiger partial charge in [-0.25, -0.2) is 0 Å². The number of ether oxygens (including phenoxy) is 2. The molecule has 0 aliphatic rings. The molecule has 5 nitrogen and oxygen atoms in total. The molecule has 1 aromatic carbocycles. The first-order valence-corrected chi connectivity index (χ1v) is 7.55. The third-order valence-electron chi connectivity index (χ3n) is 2.96. The predicted octanol–water partition coefficient (Wildman–Crippen LogP) is 3.49. The van der Waals surface area contributed by atoms with Gasteiger partial charge in [-0.2, -0.15) is 5.10 Å². The van der Waals surface area contributed by atoms with Gasteiger partial charge in [0.1, 0.15) is 0 Å². The molecular formula is C16H17BrN2O3. The average molecular weight is 365 g/mol. The molecule has 0 N–H and O–H groups in total. The number of methoxy groups -OCH3 is 1. The molecule has 2 rings (SSSR count). The number of halogens is 1. The van der Waals surface area contributed by atoms with Gasteiger partial charge >= 0.3 is 0 Å². The molecule has 1 heterocycles. The summed E-state index contributed by atoms with van der Waals surface area (Å²) in [5.41, 5.74) is 1.39. The quantitative estimate of drug-likeness (QED) is 0.581. The number of rotatable bonds is 6. The Morgan fingerprint density at radius 3 is 2.82 bits per heavy atom. The molecule has 0 aliphatic carbocycles. The zero-order chi connectivity index (χ0) is 16.1. The normalized spacial score (nSPS) is 10.9. The van der Waals surface area contributed by atoms with Gasteiger partial charge in [-0.05, 0) is 46.6 Å². The average Bonchev–Trinajstić information content (AvgIpc) is 2.93. The Kier molecular flexibility index (Phi) is 5.38. The fourth-order valence-electron chi connectivity index (χ4n) is 1.94. The van der Waals surface area contributed by atoms with E-state index < -0.39 is 0 Å². The highest BCUT2D eigenvalue weighted by molar-refractivity contribution is 9.10. The smallest absolute Gasteiger partial charge is 0.189 e. The fraction of sp³-hybridized carbons (Fsp3) is 0.250. The topological polar surface area (TPSA) is 53.3 Å². The monoisotopic (exact) mass is 364 g/mol. The summed E-state index contributed by atoms with van der Waals surface area (Å²) in [5, 5.41) is 3.98. The number of carbonyl (C=O) groups is 1. The van der Waals surface area contributed by atoms with Crippen LogP contribution in [-0.4, -0.2) is 29.3 Å². The van der Waals surface area contributed by atoms with Crippen molar-refractivity contribution in [1.82, 2.24) is 9.78 Å². The van der Waals surface area contributed by atoms with Gasteiger partial charge in [-0.3, -0.25) is 9.48 Å². The lowest BCUT2D eigenvalue weighted by Crippen LogP contribution is -1.97. The van der Waals surface area contributed by atoms with Crippen LogP contribution in [0.2, 0.25) is 0 Å². The molecule has 0 unspecified atom stereocenters. The van der Waals surface area contributed by atoms with Crippen molar-refractivity contribution in [2.24, 2.45) is 7.05 Å². The molecule has 0 amide bonds. The van der Waals surface area contributed by atoms with E-state index in [2.05, 4.69) is 21.0 Å². The molecule has 0 atom stereocenters. The molecule has 0 saturated carbocycles. The number of allylic oxidation sites excluding steroid dienone is 1. The van der Waals surface area contributed by atoms with Crippen LogP contribution in [0.5, 0.6) is 11.5 Å². The van der Waals surface area contributed by atoms with Crippen LogP contribution in [0.1, 0.15) is 22.8 Å². The molecule has 0 fully saturated rings. The maximum atomic E-state index is 12.0. The van der Waals surface area contributed by atoms with Gasteiger partial charge in [0.15, 0.2) is 17.3 Å². The highest BCUT2D eigenvalue weighted by Crippen LogP contribution is 2.37. The predicted molar refractivity (Wildman–Crippen MR) is 88.4 cm³/mol. The Bertz CT molecular complexity index is 707. The zero-order valence-corrected chi connectivity index (χ0v) is 14.3. The van der Waals surface area contributed by atoms with Crippen molar-refractivity contribution in [2.45, 2.75) is 6.92 Å². The Morgan fingerprint density at radius 2 is 2.23 bits per heavy atom. The van der Waals surface area contributed by atoms with Crippen molar-refractivity contribution in [1.29, 1.82) is 0 Å². The number of nitrogens with zero attached hydrogens (tertiary/aromatic N) is 2. The molecular weight excluding hydrogens is 348 g/mol. The Labute approximate surface area is 137 Å². The first-order chi connectivity index (χ1) is 10.5. The SMILES string of the molecule is CCOc1c(Br)cc(/C=C/C(=O)c2cnn(C)c2)cc1OC. The molecule has 0 radical (unpaired) electrons. The molecule has 0 saturated heterocycles. The van der Waals surface area contributed by atoms with Crippen molar-refractivity contribution >= 4 is 27.8 Å². The molecule has 1 aromatic heterocycles. The summed E-state index contributed by atoms with van der Waals surface area (Å²) < 4.78 is 13.2. The van der Waals surface area contributed by atoms with E-state index in [9.17, 15) is 4.79 Å². The minimum atomic E-state index is -0.0999. The van der Waals surface area contributed by atoms with E-state index >= 15 is 0 Å². The summed E-state index contributed by atoms with van der Waals surface area (Å²) >= 11 is 3.46. The summed E-state index contributed by atoms with van der Waals surface area (Å²) in [4.78, 5) is 12.0. The van der Waals surface area contributed by atoms with Crippen LogP contribution in [0.3, 0.4) is 0 Å². The van der Waals surface area contributed by atoms with Crippen LogP contribution in [0.25, 0.3) is 6.08 Å². The van der Waals surface area contributed by atoms with Crippen molar-refractivity contribution in [3.63, 3.8) is 0 Å². The summed E-state index contributed by atoms with van der Waals surface area (Å²) in [6, 6.07) is 3.70. The summed E-state index contributed by atoms with van der Waals surface area (Å²) in [6.45, 7) is 2.45. The lowest BCUT2D eigenvalue weighted by atomic mass is 10.1. The maximum Gasteiger partial charge on any atom is 0.189 e. The van der Waals surface area contributed by atoms with Crippen LogP contribution in [0.15, 0.2) is 35.1 Å². The standard InChI is InChI=1S/C16H17BrN2O3/c1-4-22-16-13(17)7-11(8-15(16)21-3)5-6-14(20)12-9-18-19(2)10-12/h5-10H,4H2,1-3H3/b6-5+. The second-order valence-corrected chi connectivity index (χ2v) is 5.42. The Hall–Kier alpha value is -2.08. The van der Waals surface area contributed by atoms with Crippen LogP contribution in [0, 0.1) is 0 Å². The van der Waals surface area contributed by atoms with Crippen molar-refractivity contribution in [2.75, 3.05) is 13.7 Å². The second kappa shape index (κ2) is 7.26. The van der Waals surface area contributed by atoms with Gasteiger partial charge in [0, 0.05) is 13.2 Å². The van der Waals surface area contributed by atoms with Gasteiger partial charge in [0.2, 0.25) is 0 Å². The minimum Gasteiger partial charge on any atom is -0.493 e. The van der Waals surface area contributed by atoms with E-state index in [0.717, 1.165) is 10.0 Å². The lowest BCUT2D eigenvalue weighted by Gasteiger charge is -2.12. The third-order valence-corrected chi connectivity index (χ3v) is 3.55. The van der Waals surface area contributed by atoms with E-state index in [1.54, 1.807) is 37.3 Å². The van der Waals surface area contributed by atoms with E-state index in [-0.39, 0.29) is 5.78 Å². The Balaban J connectivity index is 2.24. The third kappa shape index (κ3) is 3.76. The number of carbonyl (C=O) groups excluding carboxylic acids is 1. The number of aryl methyl sites for hydroxylation is 1. The molecule has 2 aromatic rings. The van der Waals surface area contributed by atoms with Gasteiger partial charge in [0.25, 0.3) is 0 Å². The highest BCUT2D eigenvalue weighted by atomic mass is 79.9. The van der Waals surface area contributed by atoms with Crippen LogP contribution >= 0.6 is 15.9 Å². The van der Waals surface area contributed by atoms with Crippen LogP contribution < -0.4 is 9.47 Å². The number of aromatic nitrogens is 2. The lowest BCUT2D eigenvalue weighted by molar-refractivity contribution is 0.104. The largest absolute Gasteiger partial charge is 0.493 e. The van der Waals surface area contributed by atoms with E-state index in [1.807, 2.05) is 19.1 Å². The van der Waals surface area contributed by atoms with Gasteiger partial charge in [-0.1, -0.05) is 6.08 Å². The molecule has 22 heavy (non-hydrogen) atoms. The molecule has 116 valence electrons. The minimum absolute atomic E-state index is 0.0999. The number of ketones is 1. The summed E-state index contributed by atoms with van der Waals surface area (Å²) in [5.74, 6) is 1.17. The van der Waals surface area contributed by atoms with Crippen molar-refractivity contribution in [3.8, 4) is 11.5 Å². The van der Waals surface area contributed by atoms with Crippen LogP contribution in [0.4, 0.5) is 0 Å². The van der Waals surface area contributed by atoms with E-state index in [4.69, 9.17) is 9.47 Å². The molecule has 0 aliphatic heterocycles. The maximum absolute atomic E-state index is 12.0. The summed E-state index contributed by atoms with van der Waals surface area (Å²) in [7, 11) is 3.35.